The summed E-state index contributed by atoms with van der Waals surface area (Å²) < 4.78 is 29.5. The number of oxime groups is 1. The number of hydrogen-bond acceptors (Lipinski definition) is 6. The number of amidine groups is 1. The standard InChI is InChI=1S/C26H29N5O6S/c27-24(29-35)20-8-3-5-17(13-20)14-23(25(32)31-12-4-9-21(16-31)28-26(33)34)30-38(36,37)22-11-10-18-6-1-2-7-19(18)15-22/h1-3,5-8,10-11,13,15,21,23,28,30,35H,4,9,12,14,16H2,(H2,27,29)(H,33,34)/t21-,23?/m1/s1. The van der Waals surface area contributed by atoms with Gasteiger partial charge in [-0.25, -0.2) is 13.2 Å². The van der Waals surface area contributed by atoms with Crippen LogP contribution in [0.2, 0.25) is 0 Å². The molecule has 200 valence electrons. The lowest BCUT2D eigenvalue weighted by atomic mass is 10.0. The number of carbonyl (C=O) groups excluding carboxylic acids is 1. The van der Waals surface area contributed by atoms with Gasteiger partial charge in [0.05, 0.1) is 4.90 Å². The molecule has 0 radical (unpaired) electrons. The summed E-state index contributed by atoms with van der Waals surface area (Å²) in [5.41, 5.74) is 6.71. The normalized spacial score (nSPS) is 17.2. The van der Waals surface area contributed by atoms with E-state index < -0.39 is 34.1 Å². The molecular formula is C26H29N5O6S. The Balaban J connectivity index is 1.64. The Hall–Kier alpha value is -4.16. The molecule has 11 nitrogen and oxygen atoms in total. The highest BCUT2D eigenvalue weighted by Crippen LogP contribution is 2.21. The van der Waals surface area contributed by atoms with Crippen LogP contribution in [0.4, 0.5) is 4.79 Å². The van der Waals surface area contributed by atoms with Crippen LogP contribution in [0, 0.1) is 0 Å². The number of amides is 2. The third-order valence-corrected chi connectivity index (χ3v) is 7.93. The van der Waals surface area contributed by atoms with Crippen molar-refractivity contribution in [1.29, 1.82) is 0 Å². The molecule has 1 aliphatic heterocycles. The van der Waals surface area contributed by atoms with Crippen LogP contribution in [0.5, 0.6) is 0 Å². The van der Waals surface area contributed by atoms with Crippen molar-refractivity contribution in [3.05, 3.63) is 77.9 Å². The molecule has 1 heterocycles. The lowest BCUT2D eigenvalue weighted by Crippen LogP contribution is -2.55. The first-order chi connectivity index (χ1) is 18.2. The van der Waals surface area contributed by atoms with Crippen LogP contribution in [0.1, 0.15) is 24.0 Å². The van der Waals surface area contributed by atoms with E-state index in [4.69, 9.17) is 16.0 Å². The molecule has 6 N–H and O–H groups in total. The molecular weight excluding hydrogens is 510 g/mol. The Kier molecular flexibility index (Phi) is 8.13. The summed E-state index contributed by atoms with van der Waals surface area (Å²) in [6.07, 6.45) is -0.0468. The van der Waals surface area contributed by atoms with E-state index >= 15 is 0 Å². The zero-order chi connectivity index (χ0) is 27.3. The number of fused-ring (bicyclic) bond motifs is 1. The topological polar surface area (TPSA) is 174 Å². The first kappa shape index (κ1) is 26.9. The number of benzene rings is 3. The van der Waals surface area contributed by atoms with Crippen LogP contribution in [0.15, 0.2) is 76.8 Å². The Bertz CT molecular complexity index is 1480. The maximum absolute atomic E-state index is 13.7. The average Bonchev–Trinajstić information content (AvgIpc) is 2.91. The summed E-state index contributed by atoms with van der Waals surface area (Å²) >= 11 is 0. The number of carboxylic acid groups (broad SMARTS) is 1. The summed E-state index contributed by atoms with van der Waals surface area (Å²) in [5.74, 6) is -0.592. The van der Waals surface area contributed by atoms with Crippen molar-refractivity contribution in [2.24, 2.45) is 10.9 Å². The van der Waals surface area contributed by atoms with Crippen molar-refractivity contribution >= 4 is 38.6 Å². The van der Waals surface area contributed by atoms with Crippen LogP contribution in [-0.4, -0.2) is 66.6 Å². The Morgan fingerprint density at radius 1 is 1.08 bits per heavy atom. The van der Waals surface area contributed by atoms with Gasteiger partial charge in [0, 0.05) is 24.7 Å². The third kappa shape index (κ3) is 6.39. The molecule has 0 saturated carbocycles. The Labute approximate surface area is 220 Å². The molecule has 1 unspecified atom stereocenters. The minimum atomic E-state index is -4.11. The van der Waals surface area contributed by atoms with Gasteiger partial charge in [0.1, 0.15) is 6.04 Å². The van der Waals surface area contributed by atoms with Gasteiger partial charge in [0.15, 0.2) is 5.84 Å². The summed E-state index contributed by atoms with van der Waals surface area (Å²) in [7, 11) is -4.11. The van der Waals surface area contributed by atoms with Gasteiger partial charge >= 0.3 is 6.09 Å². The molecule has 0 aromatic heterocycles. The highest BCUT2D eigenvalue weighted by Gasteiger charge is 2.33. The maximum atomic E-state index is 13.7. The highest BCUT2D eigenvalue weighted by atomic mass is 32.2. The second-order valence-electron chi connectivity index (χ2n) is 9.15. The number of nitrogens with one attached hydrogen (secondary N) is 2. The van der Waals surface area contributed by atoms with Crippen LogP contribution < -0.4 is 15.8 Å². The second kappa shape index (κ2) is 11.5. The molecule has 2 amide bonds. The molecule has 38 heavy (non-hydrogen) atoms. The number of nitrogens with two attached hydrogens (primary N) is 1. The second-order valence-corrected chi connectivity index (χ2v) is 10.9. The third-order valence-electron chi connectivity index (χ3n) is 6.46. The predicted octanol–water partition coefficient (Wildman–Crippen LogP) is 2.08. The lowest BCUT2D eigenvalue weighted by Gasteiger charge is -2.35. The van der Waals surface area contributed by atoms with Gasteiger partial charge in [0.25, 0.3) is 0 Å². The summed E-state index contributed by atoms with van der Waals surface area (Å²) in [6, 6.07) is 17.1. The Morgan fingerprint density at radius 3 is 2.58 bits per heavy atom. The predicted molar refractivity (Wildman–Crippen MR) is 141 cm³/mol. The van der Waals surface area contributed by atoms with Gasteiger partial charge in [-0.15, -0.1) is 0 Å². The van der Waals surface area contributed by atoms with Gasteiger partial charge in [-0.05, 0) is 53.8 Å². The molecule has 1 saturated heterocycles. The number of carbonyl (C=O) groups is 2. The number of sulfonamides is 1. The van der Waals surface area contributed by atoms with Crippen molar-refractivity contribution in [1.82, 2.24) is 14.9 Å². The van der Waals surface area contributed by atoms with Gasteiger partial charge in [0.2, 0.25) is 15.9 Å². The summed E-state index contributed by atoms with van der Waals surface area (Å²) in [6.45, 7) is 0.498. The smallest absolute Gasteiger partial charge is 0.404 e. The van der Waals surface area contributed by atoms with Gasteiger partial charge in [-0.3, -0.25) is 4.79 Å². The first-order valence-electron chi connectivity index (χ1n) is 12.0. The van der Waals surface area contributed by atoms with Crippen molar-refractivity contribution in [2.45, 2.75) is 36.2 Å². The lowest BCUT2D eigenvalue weighted by molar-refractivity contribution is -0.134. The minimum absolute atomic E-state index is 0.00822. The van der Waals surface area contributed by atoms with Crippen molar-refractivity contribution < 1.29 is 28.3 Å². The van der Waals surface area contributed by atoms with Crippen LogP contribution in [0.3, 0.4) is 0 Å². The van der Waals surface area contributed by atoms with E-state index in [9.17, 15) is 18.0 Å². The van der Waals surface area contributed by atoms with E-state index in [0.29, 0.717) is 30.5 Å². The zero-order valence-electron chi connectivity index (χ0n) is 20.4. The monoisotopic (exact) mass is 539 g/mol. The van der Waals surface area contributed by atoms with E-state index in [1.54, 1.807) is 42.5 Å². The van der Waals surface area contributed by atoms with Gasteiger partial charge in [-0.1, -0.05) is 53.7 Å². The number of piperidine rings is 1. The molecule has 0 bridgehead atoms. The SMILES string of the molecule is NC(=NO)c1cccc(CC(NS(=O)(=O)c2ccc3ccccc3c2)C(=O)N2CCC[C@@H](NC(=O)O)C2)c1. The molecule has 12 heteroatoms. The first-order valence-corrected chi connectivity index (χ1v) is 13.5. The molecule has 4 rings (SSSR count). The van der Waals surface area contributed by atoms with E-state index in [1.165, 1.54) is 11.0 Å². The van der Waals surface area contributed by atoms with E-state index in [-0.39, 0.29) is 23.7 Å². The fourth-order valence-electron chi connectivity index (χ4n) is 4.61. The Morgan fingerprint density at radius 2 is 1.84 bits per heavy atom. The van der Waals surface area contributed by atoms with E-state index in [0.717, 1.165) is 10.8 Å². The summed E-state index contributed by atoms with van der Waals surface area (Å²) in [5, 5.41) is 25.1. The molecule has 3 aromatic rings. The van der Waals surface area contributed by atoms with Crippen molar-refractivity contribution in [3.8, 4) is 0 Å². The number of rotatable bonds is 8. The quantitative estimate of drug-likeness (QED) is 0.126. The number of hydrogen-bond donors (Lipinski definition) is 5. The minimum Gasteiger partial charge on any atom is -0.465 e. The average molecular weight is 540 g/mol. The molecule has 2 atom stereocenters. The molecule has 3 aromatic carbocycles. The van der Waals surface area contributed by atoms with Crippen LogP contribution in [0.25, 0.3) is 10.8 Å². The molecule has 0 aliphatic carbocycles. The van der Waals surface area contributed by atoms with Crippen molar-refractivity contribution in [2.75, 3.05) is 13.1 Å². The fraction of sp³-hybridized carbons (Fsp3) is 0.269. The molecule has 1 aliphatic rings. The summed E-state index contributed by atoms with van der Waals surface area (Å²) in [4.78, 5) is 26.3. The number of nitrogens with zero attached hydrogens (tertiary/aromatic N) is 2. The van der Waals surface area contributed by atoms with Gasteiger partial charge in [-0.2, -0.15) is 4.72 Å². The van der Waals surface area contributed by atoms with E-state index in [2.05, 4.69) is 15.2 Å². The molecule has 0 spiro atoms. The highest BCUT2D eigenvalue weighted by molar-refractivity contribution is 7.89. The van der Waals surface area contributed by atoms with Crippen LogP contribution >= 0.6 is 0 Å². The molecule has 1 fully saturated rings. The maximum Gasteiger partial charge on any atom is 0.404 e. The zero-order valence-corrected chi connectivity index (χ0v) is 21.3. The van der Waals surface area contributed by atoms with Crippen molar-refractivity contribution in [3.63, 3.8) is 0 Å². The van der Waals surface area contributed by atoms with E-state index in [1.807, 2.05) is 18.2 Å². The van der Waals surface area contributed by atoms with Crippen LogP contribution in [-0.2, 0) is 21.2 Å². The van der Waals surface area contributed by atoms with Gasteiger partial charge < -0.3 is 26.3 Å². The largest absolute Gasteiger partial charge is 0.465 e. The fourth-order valence-corrected chi connectivity index (χ4v) is 5.83. The number of likely N-dealkylation sites (tertiary alicyclic amines) is 1.